The fourth-order valence-electron chi connectivity index (χ4n) is 1.82. The summed E-state index contributed by atoms with van der Waals surface area (Å²) in [6, 6.07) is 0. The third-order valence-electron chi connectivity index (χ3n) is 2.48. The van der Waals surface area contributed by atoms with Gasteiger partial charge in [0.1, 0.15) is 5.73 Å². The molecule has 3 atom stereocenters. The molecule has 15 heavy (non-hydrogen) atoms. The lowest BCUT2D eigenvalue weighted by Crippen LogP contribution is -2.56. The first-order chi connectivity index (χ1) is 6.99. The molecule has 0 saturated carbocycles. The smallest absolute Gasteiger partial charge is 0.349 e. The van der Waals surface area contributed by atoms with Gasteiger partial charge in [0.2, 0.25) is 0 Å². The van der Waals surface area contributed by atoms with Crippen molar-refractivity contribution in [1.29, 1.82) is 0 Å². The molecular formula is C6H18O5Si4. The highest BCUT2D eigenvalue weighted by molar-refractivity contribution is 6.82. The lowest BCUT2D eigenvalue weighted by Gasteiger charge is -2.36. The van der Waals surface area contributed by atoms with E-state index in [9.17, 15) is 0 Å². The summed E-state index contributed by atoms with van der Waals surface area (Å²) in [4.78, 5) is 0. The maximum Gasteiger partial charge on any atom is 0.349 e. The summed E-state index contributed by atoms with van der Waals surface area (Å²) in [5.74, 6) is 0. The van der Waals surface area contributed by atoms with Crippen LogP contribution < -0.4 is 0 Å². The van der Waals surface area contributed by atoms with Crippen LogP contribution in [0.3, 0.4) is 0 Å². The maximum absolute atomic E-state index is 6.04. The summed E-state index contributed by atoms with van der Waals surface area (Å²) >= 11 is 0. The molecular weight excluding hydrogens is 264 g/mol. The quantitative estimate of drug-likeness (QED) is 0.485. The Bertz CT molecular complexity index is 224. The molecule has 5 nitrogen and oxygen atoms in total. The van der Waals surface area contributed by atoms with E-state index in [1.807, 2.05) is 19.6 Å². The second kappa shape index (κ2) is 4.50. The molecule has 0 aliphatic carbocycles. The van der Waals surface area contributed by atoms with Crippen LogP contribution in [0.5, 0.6) is 0 Å². The van der Waals surface area contributed by atoms with Gasteiger partial charge in [-0.3, -0.25) is 0 Å². The van der Waals surface area contributed by atoms with Crippen LogP contribution in [-0.2, 0) is 21.2 Å². The molecule has 0 aromatic rings. The Morgan fingerprint density at radius 3 is 1.87 bits per heavy atom. The van der Waals surface area contributed by atoms with Crippen molar-refractivity contribution in [3.63, 3.8) is 0 Å². The SMILES string of the molecule is C[SiH]1O[SiH](C)O[Si](C)(C2CO2)O[SiH](C)O1. The highest BCUT2D eigenvalue weighted by Gasteiger charge is 2.52. The summed E-state index contributed by atoms with van der Waals surface area (Å²) < 4.78 is 29.0. The summed E-state index contributed by atoms with van der Waals surface area (Å²) in [7, 11) is -6.82. The average molecular weight is 283 g/mol. The van der Waals surface area contributed by atoms with Gasteiger partial charge in [-0.05, 0) is 26.2 Å². The van der Waals surface area contributed by atoms with Crippen LogP contribution in [0.1, 0.15) is 0 Å². The second-order valence-corrected chi connectivity index (χ2v) is 14.2. The summed E-state index contributed by atoms with van der Waals surface area (Å²) in [5.41, 5.74) is 0.199. The summed E-state index contributed by atoms with van der Waals surface area (Å²) in [6.45, 7) is 8.97. The molecule has 2 fully saturated rings. The summed E-state index contributed by atoms with van der Waals surface area (Å²) in [5, 5.41) is 0. The predicted molar refractivity (Wildman–Crippen MR) is 64.7 cm³/mol. The standard InChI is InChI=1S/C6H18O5Si4/c1-12-8-13(2)10-15(4,6-5-7-6)11-14(3)9-12/h6,12-14H,5H2,1-4H3. The molecule has 0 bridgehead atoms. The Labute approximate surface area is 96.4 Å². The van der Waals surface area contributed by atoms with Gasteiger partial charge in [0.15, 0.2) is 0 Å². The molecule has 2 heterocycles. The van der Waals surface area contributed by atoms with Crippen LogP contribution in [0.25, 0.3) is 0 Å². The van der Waals surface area contributed by atoms with E-state index in [1.165, 1.54) is 0 Å². The maximum atomic E-state index is 6.04. The first-order valence-corrected chi connectivity index (χ1v) is 14.0. The lowest BCUT2D eigenvalue weighted by atomic mass is 11.0. The van der Waals surface area contributed by atoms with E-state index in [-0.39, 0.29) is 5.73 Å². The Morgan fingerprint density at radius 2 is 1.47 bits per heavy atom. The third-order valence-corrected chi connectivity index (χ3v) is 16.5. The van der Waals surface area contributed by atoms with Gasteiger partial charge < -0.3 is 21.2 Å². The Morgan fingerprint density at radius 1 is 1.00 bits per heavy atom. The molecule has 3 unspecified atom stereocenters. The minimum absolute atomic E-state index is 0.199. The number of rotatable bonds is 1. The van der Waals surface area contributed by atoms with E-state index in [1.54, 1.807) is 0 Å². The van der Waals surface area contributed by atoms with E-state index < -0.39 is 36.4 Å². The van der Waals surface area contributed by atoms with Crippen LogP contribution in [0, 0.1) is 0 Å². The molecule has 0 aromatic heterocycles. The van der Waals surface area contributed by atoms with Crippen molar-refractivity contribution in [2.45, 2.75) is 31.9 Å². The van der Waals surface area contributed by atoms with Gasteiger partial charge in [-0.15, -0.1) is 0 Å². The second-order valence-electron chi connectivity index (χ2n) is 4.05. The van der Waals surface area contributed by atoms with Crippen LogP contribution in [0.4, 0.5) is 0 Å². The van der Waals surface area contributed by atoms with Crippen LogP contribution in [0.15, 0.2) is 0 Å². The Hall–Kier alpha value is 0.668. The van der Waals surface area contributed by atoms with Gasteiger partial charge in [-0.25, -0.2) is 0 Å². The summed E-state index contributed by atoms with van der Waals surface area (Å²) in [6.07, 6.45) is 0. The molecule has 0 radical (unpaired) electrons. The number of hydrogen-bond donors (Lipinski definition) is 0. The molecule has 2 saturated heterocycles. The molecule has 2 aliphatic rings. The fourth-order valence-corrected chi connectivity index (χ4v) is 16.3. The van der Waals surface area contributed by atoms with Crippen LogP contribution in [0.2, 0.25) is 26.2 Å². The van der Waals surface area contributed by atoms with Crippen molar-refractivity contribution >= 4 is 36.4 Å². The first-order valence-electron chi connectivity index (χ1n) is 5.28. The topological polar surface area (TPSA) is 49.5 Å². The highest BCUT2D eigenvalue weighted by Crippen LogP contribution is 2.28. The number of ether oxygens (including phenoxy) is 1. The first kappa shape index (κ1) is 12.1. The van der Waals surface area contributed by atoms with Gasteiger partial charge in [0.05, 0.1) is 6.61 Å². The largest absolute Gasteiger partial charge is 0.420 e. The molecule has 9 heteroatoms. The predicted octanol–water partition coefficient (Wildman–Crippen LogP) is -0.373. The molecule has 0 N–H and O–H groups in total. The molecule has 2 rings (SSSR count). The monoisotopic (exact) mass is 282 g/mol. The van der Waals surface area contributed by atoms with Crippen molar-refractivity contribution < 1.29 is 21.2 Å². The van der Waals surface area contributed by atoms with E-state index in [2.05, 4.69) is 6.55 Å². The minimum Gasteiger partial charge on any atom is -0.420 e. The molecule has 0 amide bonds. The van der Waals surface area contributed by atoms with Crippen molar-refractivity contribution in [2.75, 3.05) is 6.61 Å². The molecule has 0 spiro atoms. The zero-order chi connectivity index (χ0) is 11.1. The lowest BCUT2D eigenvalue weighted by molar-refractivity contribution is 0.260. The Balaban J connectivity index is 2.05. The molecule has 88 valence electrons. The zero-order valence-corrected chi connectivity index (χ0v) is 14.0. The van der Waals surface area contributed by atoms with Crippen molar-refractivity contribution in [2.24, 2.45) is 0 Å². The third kappa shape index (κ3) is 3.07. The van der Waals surface area contributed by atoms with E-state index >= 15 is 0 Å². The van der Waals surface area contributed by atoms with E-state index in [0.717, 1.165) is 6.61 Å². The fraction of sp³-hybridized carbons (Fsp3) is 1.00. The molecule has 0 aromatic carbocycles. The van der Waals surface area contributed by atoms with E-state index in [0.29, 0.717) is 0 Å². The van der Waals surface area contributed by atoms with Crippen molar-refractivity contribution in [1.82, 2.24) is 0 Å². The number of epoxide rings is 1. The normalized spacial score (nSPS) is 52.0. The average Bonchev–Trinajstić information content (AvgIpc) is 2.80. The van der Waals surface area contributed by atoms with Crippen molar-refractivity contribution in [3.8, 4) is 0 Å². The van der Waals surface area contributed by atoms with Gasteiger partial charge in [0, 0.05) is 0 Å². The van der Waals surface area contributed by atoms with Gasteiger partial charge in [-0.2, -0.15) is 0 Å². The van der Waals surface area contributed by atoms with Crippen LogP contribution in [-0.4, -0.2) is 48.7 Å². The Kier molecular flexibility index (Phi) is 3.64. The van der Waals surface area contributed by atoms with Gasteiger partial charge in [0.25, 0.3) is 27.9 Å². The highest BCUT2D eigenvalue weighted by atomic mass is 28.5. The van der Waals surface area contributed by atoms with Gasteiger partial charge in [-0.1, -0.05) is 0 Å². The molecule has 2 aliphatic heterocycles. The number of hydrogen-bond acceptors (Lipinski definition) is 5. The van der Waals surface area contributed by atoms with Gasteiger partial charge >= 0.3 is 8.56 Å². The van der Waals surface area contributed by atoms with Crippen LogP contribution >= 0.6 is 0 Å². The zero-order valence-electron chi connectivity index (χ0n) is 9.56. The van der Waals surface area contributed by atoms with E-state index in [4.69, 9.17) is 21.2 Å². The van der Waals surface area contributed by atoms with Crippen molar-refractivity contribution in [3.05, 3.63) is 0 Å². The minimum atomic E-state index is -2.17.